The fourth-order valence-corrected chi connectivity index (χ4v) is 3.67. The highest BCUT2D eigenvalue weighted by molar-refractivity contribution is 5.75. The lowest BCUT2D eigenvalue weighted by Crippen LogP contribution is -2.28. The molecule has 3 aliphatic carbocycles. The molecule has 0 aliphatic heterocycles. The molecular weight excluding hydrogens is 240 g/mol. The lowest BCUT2D eigenvalue weighted by molar-refractivity contribution is -0.152. The summed E-state index contributed by atoms with van der Waals surface area (Å²) in [5.74, 6) is 1.66. The predicted molar refractivity (Wildman–Crippen MR) is 72.2 cm³/mol. The van der Waals surface area contributed by atoms with Crippen LogP contribution in [0.5, 0.6) is 0 Å². The van der Waals surface area contributed by atoms with Crippen LogP contribution in [0.4, 0.5) is 0 Å². The van der Waals surface area contributed by atoms with E-state index in [1.807, 2.05) is 20.8 Å². The summed E-state index contributed by atoms with van der Waals surface area (Å²) in [6.45, 7) is 5.76. The number of ether oxygens (including phenoxy) is 1. The Morgan fingerprint density at radius 3 is 2.68 bits per heavy atom. The number of carbonyl (C=O) groups excluding carboxylic acids is 1. The van der Waals surface area contributed by atoms with Gasteiger partial charge in [-0.15, -0.1) is 0 Å². The maximum atomic E-state index is 11.8. The van der Waals surface area contributed by atoms with Gasteiger partial charge in [0.2, 0.25) is 0 Å². The van der Waals surface area contributed by atoms with Crippen molar-refractivity contribution in [2.75, 3.05) is 6.61 Å². The molecule has 0 amide bonds. The van der Waals surface area contributed by atoms with Gasteiger partial charge in [0.15, 0.2) is 0 Å². The first-order valence-corrected chi connectivity index (χ1v) is 7.12. The smallest absolute Gasteiger partial charge is 0.311 e. The summed E-state index contributed by atoms with van der Waals surface area (Å²) >= 11 is 0. The molecule has 19 heavy (non-hydrogen) atoms. The van der Waals surface area contributed by atoms with E-state index in [2.05, 4.69) is 18.2 Å². The number of hydrogen-bond donors (Lipinski definition) is 1. The number of aliphatic hydroxyl groups excluding tert-OH is 1. The highest BCUT2D eigenvalue weighted by atomic mass is 16.5. The Kier molecular flexibility index (Phi) is 2.86. The summed E-state index contributed by atoms with van der Waals surface area (Å²) in [5, 5.41) is 10.4. The molecule has 2 bridgehead atoms. The standard InChI is InChI=1S/C16H22O3/c1-16(2,3)15(18)19-8-11-7-12-9-4-5-10(6-9)13(12)14(11)17/h4-5,7,9-10,12-14,17H,6,8H2,1-3H3/t9-,10+,12-,13+,14-/m0/s1. The van der Waals surface area contributed by atoms with E-state index in [4.69, 9.17) is 4.74 Å². The molecule has 0 spiro atoms. The topological polar surface area (TPSA) is 46.5 Å². The van der Waals surface area contributed by atoms with E-state index in [0.29, 0.717) is 23.7 Å². The van der Waals surface area contributed by atoms with Crippen LogP contribution in [0.1, 0.15) is 27.2 Å². The van der Waals surface area contributed by atoms with Crippen molar-refractivity contribution in [3.8, 4) is 0 Å². The molecule has 3 nitrogen and oxygen atoms in total. The van der Waals surface area contributed by atoms with Crippen molar-refractivity contribution < 1.29 is 14.6 Å². The van der Waals surface area contributed by atoms with Crippen LogP contribution in [0.2, 0.25) is 0 Å². The van der Waals surface area contributed by atoms with Crippen molar-refractivity contribution in [3.63, 3.8) is 0 Å². The fraction of sp³-hybridized carbons (Fsp3) is 0.688. The Morgan fingerprint density at radius 1 is 1.37 bits per heavy atom. The van der Waals surface area contributed by atoms with Gasteiger partial charge in [-0.2, -0.15) is 0 Å². The number of rotatable bonds is 2. The van der Waals surface area contributed by atoms with Crippen molar-refractivity contribution in [2.45, 2.75) is 33.3 Å². The first-order valence-electron chi connectivity index (χ1n) is 7.12. The molecular formula is C16H22O3. The van der Waals surface area contributed by atoms with Gasteiger partial charge in [0.05, 0.1) is 11.5 Å². The van der Waals surface area contributed by atoms with E-state index in [1.54, 1.807) is 0 Å². The van der Waals surface area contributed by atoms with Crippen LogP contribution < -0.4 is 0 Å². The molecule has 0 saturated heterocycles. The summed E-state index contributed by atoms with van der Waals surface area (Å²) in [6.07, 6.45) is 7.42. The van der Waals surface area contributed by atoms with Crippen LogP contribution in [-0.2, 0) is 9.53 Å². The van der Waals surface area contributed by atoms with Gasteiger partial charge in [0, 0.05) is 5.92 Å². The van der Waals surface area contributed by atoms with E-state index in [9.17, 15) is 9.90 Å². The largest absolute Gasteiger partial charge is 0.461 e. The minimum absolute atomic E-state index is 0.209. The van der Waals surface area contributed by atoms with Crippen LogP contribution in [0.3, 0.4) is 0 Å². The third-order valence-electron chi connectivity index (χ3n) is 4.72. The fourth-order valence-electron chi connectivity index (χ4n) is 3.67. The van der Waals surface area contributed by atoms with Gasteiger partial charge in [-0.25, -0.2) is 0 Å². The van der Waals surface area contributed by atoms with Crippen molar-refractivity contribution in [2.24, 2.45) is 29.1 Å². The summed E-state index contributed by atoms with van der Waals surface area (Å²) < 4.78 is 5.33. The molecule has 0 aromatic heterocycles. The Balaban J connectivity index is 1.65. The normalized spacial score (nSPS) is 39.4. The summed E-state index contributed by atoms with van der Waals surface area (Å²) in [4.78, 5) is 11.8. The van der Waals surface area contributed by atoms with Crippen molar-refractivity contribution in [3.05, 3.63) is 23.8 Å². The number of allylic oxidation sites excluding steroid dienone is 3. The van der Waals surface area contributed by atoms with Gasteiger partial charge < -0.3 is 9.84 Å². The van der Waals surface area contributed by atoms with E-state index in [0.717, 1.165) is 5.57 Å². The Hall–Kier alpha value is -1.09. The third kappa shape index (κ3) is 2.04. The first kappa shape index (κ1) is 12.9. The van der Waals surface area contributed by atoms with Crippen molar-refractivity contribution in [1.82, 2.24) is 0 Å². The second-order valence-electron chi connectivity index (χ2n) is 7.12. The SMILES string of the molecule is CC(C)(C)C(=O)OCC1=C[C@@H]2[C@@H]([C@@H]3C=C[C@H]2C3)[C@H]1O. The average molecular weight is 262 g/mol. The number of esters is 1. The number of aliphatic hydroxyl groups is 1. The molecule has 1 saturated carbocycles. The molecule has 0 radical (unpaired) electrons. The quantitative estimate of drug-likeness (QED) is 0.613. The van der Waals surface area contributed by atoms with E-state index >= 15 is 0 Å². The van der Waals surface area contributed by atoms with Crippen LogP contribution >= 0.6 is 0 Å². The van der Waals surface area contributed by atoms with Crippen LogP contribution in [0.25, 0.3) is 0 Å². The van der Waals surface area contributed by atoms with Gasteiger partial charge in [0.25, 0.3) is 0 Å². The highest BCUT2D eigenvalue weighted by Gasteiger charge is 2.51. The van der Waals surface area contributed by atoms with Crippen LogP contribution in [0.15, 0.2) is 23.8 Å². The van der Waals surface area contributed by atoms with E-state index < -0.39 is 11.5 Å². The Labute approximate surface area is 114 Å². The van der Waals surface area contributed by atoms with Crippen molar-refractivity contribution in [1.29, 1.82) is 0 Å². The maximum Gasteiger partial charge on any atom is 0.311 e. The van der Waals surface area contributed by atoms with Crippen LogP contribution in [0, 0.1) is 29.1 Å². The molecule has 0 heterocycles. The maximum absolute atomic E-state index is 11.8. The van der Waals surface area contributed by atoms with Gasteiger partial charge in [0.1, 0.15) is 6.61 Å². The zero-order valence-corrected chi connectivity index (χ0v) is 11.8. The summed E-state index contributed by atoms with van der Waals surface area (Å²) in [7, 11) is 0. The molecule has 5 atom stereocenters. The number of carbonyl (C=O) groups is 1. The second-order valence-corrected chi connectivity index (χ2v) is 7.12. The lowest BCUT2D eigenvalue weighted by Gasteiger charge is -2.24. The summed E-state index contributed by atoms with van der Waals surface area (Å²) in [6, 6.07) is 0. The third-order valence-corrected chi connectivity index (χ3v) is 4.72. The summed E-state index contributed by atoms with van der Waals surface area (Å²) in [5.41, 5.74) is 0.409. The molecule has 0 unspecified atom stereocenters. The molecule has 0 aromatic carbocycles. The van der Waals surface area contributed by atoms with Gasteiger partial charge >= 0.3 is 5.97 Å². The highest BCUT2D eigenvalue weighted by Crippen LogP contribution is 2.54. The number of fused-ring (bicyclic) bond motifs is 5. The molecule has 0 aromatic rings. The minimum Gasteiger partial charge on any atom is -0.461 e. The first-order chi connectivity index (χ1) is 8.88. The molecule has 3 rings (SSSR count). The average Bonchev–Trinajstić information content (AvgIpc) is 2.98. The molecule has 3 aliphatic rings. The number of hydrogen-bond acceptors (Lipinski definition) is 3. The molecule has 1 N–H and O–H groups in total. The Morgan fingerprint density at radius 2 is 2.05 bits per heavy atom. The van der Waals surface area contributed by atoms with Gasteiger partial charge in [-0.1, -0.05) is 18.2 Å². The Bertz CT molecular complexity index is 455. The van der Waals surface area contributed by atoms with Crippen molar-refractivity contribution >= 4 is 5.97 Å². The molecule has 1 fully saturated rings. The monoisotopic (exact) mass is 262 g/mol. The molecule has 104 valence electrons. The second kappa shape index (κ2) is 4.20. The van der Waals surface area contributed by atoms with E-state index in [1.165, 1.54) is 6.42 Å². The van der Waals surface area contributed by atoms with Gasteiger partial charge in [-0.3, -0.25) is 4.79 Å². The predicted octanol–water partition coefficient (Wildman–Crippen LogP) is 2.31. The van der Waals surface area contributed by atoms with E-state index in [-0.39, 0.29) is 12.6 Å². The zero-order chi connectivity index (χ0) is 13.8. The van der Waals surface area contributed by atoms with Gasteiger partial charge in [-0.05, 0) is 50.5 Å². The minimum atomic E-state index is -0.486. The van der Waals surface area contributed by atoms with Crippen LogP contribution in [-0.4, -0.2) is 23.8 Å². The molecule has 3 heteroatoms. The zero-order valence-electron chi connectivity index (χ0n) is 11.8. The lowest BCUT2D eigenvalue weighted by atomic mass is 9.84.